The van der Waals surface area contributed by atoms with Gasteiger partial charge in [-0.05, 0) is 47.5 Å². The van der Waals surface area contributed by atoms with Crippen LogP contribution in [0.2, 0.25) is 0 Å². The number of fused-ring (bicyclic) bond motifs is 1. The van der Waals surface area contributed by atoms with Gasteiger partial charge in [0.25, 0.3) is 0 Å². The molecule has 0 bridgehead atoms. The lowest BCUT2D eigenvalue weighted by Gasteiger charge is -2.28. The Morgan fingerprint density at radius 3 is 2.34 bits per heavy atom. The maximum Gasteiger partial charge on any atom is 0.243 e. The van der Waals surface area contributed by atoms with Crippen LogP contribution in [-0.4, -0.2) is 33.7 Å². The summed E-state index contributed by atoms with van der Waals surface area (Å²) in [5.74, 6) is 0.231. The Labute approximate surface area is 171 Å². The standard InChI is InChI=1S/C22H24N2O4S/c1-16(24(29(3,26)27)19-11-13-20(28-2)14-12-19)22(25)23-15-18-9-6-8-17-7-4-5-10-21(17)18/h4-14,16H,15H2,1-3H3,(H,23,25)/t16-/m1/s1. The third-order valence-electron chi connectivity index (χ3n) is 4.75. The lowest BCUT2D eigenvalue weighted by atomic mass is 10.0. The third kappa shape index (κ3) is 4.68. The molecule has 0 saturated heterocycles. The van der Waals surface area contributed by atoms with E-state index in [1.807, 2.05) is 42.5 Å². The number of nitrogens with zero attached hydrogens (tertiary/aromatic N) is 1. The molecular formula is C22H24N2O4S. The molecule has 0 aromatic heterocycles. The van der Waals surface area contributed by atoms with Gasteiger partial charge in [-0.25, -0.2) is 8.42 Å². The predicted octanol–water partition coefficient (Wildman–Crippen LogP) is 3.32. The molecule has 0 heterocycles. The first kappa shape index (κ1) is 20.7. The van der Waals surface area contributed by atoms with E-state index in [2.05, 4.69) is 5.32 Å². The number of ether oxygens (including phenoxy) is 1. The molecule has 1 N–H and O–H groups in total. The van der Waals surface area contributed by atoms with Crippen molar-refractivity contribution in [3.05, 3.63) is 72.3 Å². The zero-order valence-electron chi connectivity index (χ0n) is 16.6. The third-order valence-corrected chi connectivity index (χ3v) is 5.99. The molecule has 0 fully saturated rings. The van der Waals surface area contributed by atoms with Gasteiger partial charge in [0.1, 0.15) is 11.8 Å². The van der Waals surface area contributed by atoms with Crippen LogP contribution in [0.5, 0.6) is 5.75 Å². The molecule has 3 rings (SSSR count). The van der Waals surface area contributed by atoms with E-state index in [1.54, 1.807) is 31.2 Å². The van der Waals surface area contributed by atoms with Crippen LogP contribution in [0.1, 0.15) is 12.5 Å². The van der Waals surface area contributed by atoms with Gasteiger partial charge in [-0.3, -0.25) is 9.10 Å². The van der Waals surface area contributed by atoms with Gasteiger partial charge in [0.05, 0.1) is 19.1 Å². The van der Waals surface area contributed by atoms with Crippen molar-refractivity contribution in [1.82, 2.24) is 5.32 Å². The number of sulfonamides is 1. The van der Waals surface area contributed by atoms with Crippen molar-refractivity contribution in [2.45, 2.75) is 19.5 Å². The maximum absolute atomic E-state index is 12.8. The van der Waals surface area contributed by atoms with E-state index in [9.17, 15) is 13.2 Å². The maximum atomic E-state index is 12.8. The van der Waals surface area contributed by atoms with Crippen LogP contribution in [-0.2, 0) is 21.4 Å². The van der Waals surface area contributed by atoms with Gasteiger partial charge in [0, 0.05) is 6.54 Å². The number of hydrogen-bond acceptors (Lipinski definition) is 4. The minimum absolute atomic E-state index is 0.310. The Balaban J connectivity index is 1.80. The highest BCUT2D eigenvalue weighted by Gasteiger charge is 2.29. The summed E-state index contributed by atoms with van der Waals surface area (Å²) >= 11 is 0. The SMILES string of the molecule is COc1ccc(N([C@H](C)C(=O)NCc2cccc3ccccc23)S(C)(=O)=O)cc1. The van der Waals surface area contributed by atoms with E-state index >= 15 is 0 Å². The lowest BCUT2D eigenvalue weighted by Crippen LogP contribution is -2.47. The Morgan fingerprint density at radius 1 is 1.03 bits per heavy atom. The molecule has 7 heteroatoms. The number of carbonyl (C=O) groups excluding carboxylic acids is 1. The largest absolute Gasteiger partial charge is 0.497 e. The van der Waals surface area contributed by atoms with Crippen LogP contribution >= 0.6 is 0 Å². The number of anilines is 1. The van der Waals surface area contributed by atoms with Crippen molar-refractivity contribution >= 4 is 32.4 Å². The first-order valence-corrected chi connectivity index (χ1v) is 11.0. The Morgan fingerprint density at radius 2 is 1.69 bits per heavy atom. The van der Waals surface area contributed by atoms with Crippen LogP contribution in [0.15, 0.2) is 66.7 Å². The fraction of sp³-hybridized carbons (Fsp3) is 0.227. The number of methoxy groups -OCH3 is 1. The molecule has 3 aromatic rings. The van der Waals surface area contributed by atoms with Gasteiger partial charge in [0.15, 0.2) is 0 Å². The van der Waals surface area contributed by atoms with Crippen LogP contribution < -0.4 is 14.4 Å². The highest BCUT2D eigenvalue weighted by atomic mass is 32.2. The monoisotopic (exact) mass is 412 g/mol. The summed E-state index contributed by atoms with van der Waals surface area (Å²) in [5.41, 5.74) is 1.38. The van der Waals surface area contributed by atoms with Gasteiger partial charge in [-0.2, -0.15) is 0 Å². The second-order valence-electron chi connectivity index (χ2n) is 6.79. The topological polar surface area (TPSA) is 75.7 Å². The molecule has 0 saturated carbocycles. The quantitative estimate of drug-likeness (QED) is 0.646. The Hall–Kier alpha value is -3.06. The molecule has 3 aromatic carbocycles. The number of nitrogens with one attached hydrogen (secondary N) is 1. The molecule has 0 spiro atoms. The molecule has 1 amide bonds. The van der Waals surface area contributed by atoms with Crippen molar-refractivity contribution in [2.75, 3.05) is 17.7 Å². The van der Waals surface area contributed by atoms with Gasteiger partial charge in [-0.1, -0.05) is 42.5 Å². The smallest absolute Gasteiger partial charge is 0.243 e. The molecular weight excluding hydrogens is 388 g/mol. The van der Waals surface area contributed by atoms with Gasteiger partial charge in [-0.15, -0.1) is 0 Å². The summed E-state index contributed by atoms with van der Waals surface area (Å²) in [5, 5.41) is 5.01. The predicted molar refractivity (Wildman–Crippen MR) is 116 cm³/mol. The molecule has 0 aliphatic heterocycles. The van der Waals surface area contributed by atoms with Crippen molar-refractivity contribution in [2.24, 2.45) is 0 Å². The number of hydrogen-bond donors (Lipinski definition) is 1. The van der Waals surface area contributed by atoms with Crippen LogP contribution in [0.25, 0.3) is 10.8 Å². The summed E-state index contributed by atoms with van der Waals surface area (Å²) in [6, 6.07) is 19.5. The number of benzene rings is 3. The Bertz CT molecular complexity index is 1110. The molecule has 29 heavy (non-hydrogen) atoms. The number of carbonyl (C=O) groups is 1. The van der Waals surface area contributed by atoms with E-state index in [0.717, 1.165) is 26.9 Å². The molecule has 6 nitrogen and oxygen atoms in total. The van der Waals surface area contributed by atoms with Gasteiger partial charge in [0.2, 0.25) is 15.9 Å². The average molecular weight is 413 g/mol. The number of amides is 1. The average Bonchev–Trinajstić information content (AvgIpc) is 2.71. The molecule has 152 valence electrons. The molecule has 1 atom stereocenters. The molecule has 0 unspecified atom stereocenters. The molecule has 0 aliphatic carbocycles. The Kier molecular flexibility index (Phi) is 6.08. The van der Waals surface area contributed by atoms with Gasteiger partial charge >= 0.3 is 0 Å². The minimum Gasteiger partial charge on any atom is -0.497 e. The van der Waals surface area contributed by atoms with Crippen molar-refractivity contribution in [3.63, 3.8) is 0 Å². The minimum atomic E-state index is -3.67. The van der Waals surface area contributed by atoms with E-state index in [-0.39, 0.29) is 5.91 Å². The lowest BCUT2D eigenvalue weighted by molar-refractivity contribution is -0.122. The van der Waals surface area contributed by atoms with E-state index in [4.69, 9.17) is 4.74 Å². The summed E-state index contributed by atoms with van der Waals surface area (Å²) in [4.78, 5) is 12.8. The van der Waals surface area contributed by atoms with Crippen molar-refractivity contribution in [3.8, 4) is 5.75 Å². The van der Waals surface area contributed by atoms with E-state index < -0.39 is 16.1 Å². The van der Waals surface area contributed by atoms with Gasteiger partial charge < -0.3 is 10.1 Å². The highest BCUT2D eigenvalue weighted by molar-refractivity contribution is 7.92. The number of rotatable bonds is 7. The van der Waals surface area contributed by atoms with Crippen LogP contribution in [0.3, 0.4) is 0 Å². The molecule has 0 radical (unpaired) electrons. The highest BCUT2D eigenvalue weighted by Crippen LogP contribution is 2.24. The van der Waals surface area contributed by atoms with Crippen molar-refractivity contribution < 1.29 is 17.9 Å². The summed E-state index contributed by atoms with van der Waals surface area (Å²) in [7, 11) is -2.13. The summed E-state index contributed by atoms with van der Waals surface area (Å²) in [6.45, 7) is 1.88. The molecule has 0 aliphatic rings. The summed E-state index contributed by atoms with van der Waals surface area (Å²) < 4.78 is 31.0. The van der Waals surface area contributed by atoms with E-state index in [1.165, 1.54) is 7.11 Å². The normalized spacial score (nSPS) is 12.4. The zero-order chi connectivity index (χ0) is 21.0. The van der Waals surface area contributed by atoms with E-state index in [0.29, 0.717) is 18.0 Å². The zero-order valence-corrected chi connectivity index (χ0v) is 17.4. The first-order valence-electron chi connectivity index (χ1n) is 9.19. The van der Waals surface area contributed by atoms with Crippen LogP contribution in [0.4, 0.5) is 5.69 Å². The fourth-order valence-corrected chi connectivity index (χ4v) is 4.49. The summed E-state index contributed by atoms with van der Waals surface area (Å²) in [6.07, 6.45) is 1.09. The van der Waals surface area contributed by atoms with Crippen molar-refractivity contribution in [1.29, 1.82) is 0 Å². The fourth-order valence-electron chi connectivity index (χ4n) is 3.31. The second-order valence-corrected chi connectivity index (χ2v) is 8.65. The first-order chi connectivity index (χ1) is 13.8. The van der Waals surface area contributed by atoms with Crippen LogP contribution in [0, 0.1) is 0 Å². The second kappa shape index (κ2) is 8.53.